The molecule has 0 aliphatic rings. The Bertz CT molecular complexity index is 1580. The Hall–Kier alpha value is -5.38. The van der Waals surface area contributed by atoms with Crippen molar-refractivity contribution in [3.8, 4) is 71.5 Å². The number of nitrogens with two attached hydrogens (primary N) is 2. The topological polar surface area (TPSA) is 111 Å². The maximum absolute atomic E-state index is 9.66. The molecule has 0 radical (unpaired) electrons. The fourth-order valence-electron chi connectivity index (χ4n) is 3.50. The summed E-state index contributed by atoms with van der Waals surface area (Å²) in [6, 6.07) is 13.9. The van der Waals surface area contributed by atoms with E-state index < -0.39 is 0 Å². The Morgan fingerprint density at radius 3 is 1.71 bits per heavy atom. The van der Waals surface area contributed by atoms with Gasteiger partial charge in [0.2, 0.25) is 0 Å². The van der Waals surface area contributed by atoms with Crippen molar-refractivity contribution in [2.75, 3.05) is 11.5 Å². The highest BCUT2D eigenvalue weighted by Crippen LogP contribution is 2.40. The molecule has 0 aromatic heterocycles. The molecular weight excluding hydrogens is 428 g/mol. The molecule has 0 saturated heterocycles. The van der Waals surface area contributed by atoms with Gasteiger partial charge in [-0.3, -0.25) is 0 Å². The van der Waals surface area contributed by atoms with Crippen LogP contribution in [0.4, 0.5) is 11.4 Å². The van der Waals surface area contributed by atoms with E-state index in [9.17, 15) is 10.2 Å². The maximum Gasteiger partial charge on any atom is 0.144 e. The largest absolute Gasteiger partial charge is 0.506 e. The minimum Gasteiger partial charge on any atom is -0.506 e. The zero-order chi connectivity index (χ0) is 24.4. The van der Waals surface area contributed by atoms with Crippen molar-refractivity contribution in [3.05, 3.63) is 71.3 Å². The van der Waals surface area contributed by atoms with E-state index in [4.69, 9.17) is 40.2 Å². The molecular formula is C28H18N2O4. The average molecular weight is 446 g/mol. The highest BCUT2D eigenvalue weighted by Gasteiger charge is 2.18. The van der Waals surface area contributed by atoms with E-state index in [0.29, 0.717) is 50.5 Å². The highest BCUT2D eigenvalue weighted by molar-refractivity contribution is 6.00. The van der Waals surface area contributed by atoms with Gasteiger partial charge >= 0.3 is 0 Å². The lowest BCUT2D eigenvalue weighted by atomic mass is 9.94. The standard InChI is InChI=1S/C28H18N2O4/c1-4-16-13-27(34-18-8-11-25(32)23(30)15-18)19(5-2)21-9-12-26(20(6-3)28(16)21)33-17-7-10-24(31)22(29)14-17/h1-3,7-15,31-32H,29-30H2. The third-order valence-corrected chi connectivity index (χ3v) is 5.13. The predicted molar refractivity (Wildman–Crippen MR) is 133 cm³/mol. The number of terminal acetylenes is 3. The lowest BCUT2D eigenvalue weighted by Crippen LogP contribution is -1.97. The predicted octanol–water partition coefficient (Wildman–Crippen LogP) is 4.94. The molecule has 6 heteroatoms. The fourth-order valence-corrected chi connectivity index (χ4v) is 3.50. The van der Waals surface area contributed by atoms with Gasteiger partial charge in [0.05, 0.1) is 22.5 Å². The first-order valence-corrected chi connectivity index (χ1v) is 9.92. The first-order chi connectivity index (χ1) is 16.4. The summed E-state index contributed by atoms with van der Waals surface area (Å²) >= 11 is 0. The highest BCUT2D eigenvalue weighted by atomic mass is 16.5. The molecule has 4 aromatic rings. The van der Waals surface area contributed by atoms with Gasteiger partial charge in [-0.05, 0) is 42.5 Å². The molecule has 0 aliphatic heterocycles. The summed E-state index contributed by atoms with van der Waals surface area (Å²) in [6.45, 7) is 0. The number of hydrogen-bond acceptors (Lipinski definition) is 6. The van der Waals surface area contributed by atoms with Crippen molar-refractivity contribution < 1.29 is 19.7 Å². The van der Waals surface area contributed by atoms with E-state index in [-0.39, 0.29) is 22.9 Å². The molecule has 0 aliphatic carbocycles. The Morgan fingerprint density at radius 2 is 1.21 bits per heavy atom. The van der Waals surface area contributed by atoms with E-state index in [1.54, 1.807) is 30.3 Å². The molecule has 0 spiro atoms. The van der Waals surface area contributed by atoms with Crippen LogP contribution in [0.15, 0.2) is 54.6 Å². The van der Waals surface area contributed by atoms with Crippen LogP contribution in [-0.2, 0) is 0 Å². The average Bonchev–Trinajstić information content (AvgIpc) is 2.83. The summed E-state index contributed by atoms with van der Waals surface area (Å²) in [5.74, 6) is 9.24. The molecule has 0 unspecified atom stereocenters. The molecule has 4 rings (SSSR count). The number of aromatic hydroxyl groups is 2. The van der Waals surface area contributed by atoms with E-state index in [2.05, 4.69) is 17.8 Å². The third kappa shape index (κ3) is 3.82. The van der Waals surface area contributed by atoms with Gasteiger partial charge in [0, 0.05) is 28.5 Å². The number of phenols is 2. The summed E-state index contributed by atoms with van der Waals surface area (Å²) in [5.41, 5.74) is 13.1. The number of ether oxygens (including phenoxy) is 2. The molecule has 34 heavy (non-hydrogen) atoms. The summed E-state index contributed by atoms with van der Waals surface area (Å²) in [5, 5.41) is 20.5. The second-order valence-electron chi connectivity index (χ2n) is 7.24. The fraction of sp³-hybridized carbons (Fsp3) is 0. The normalized spacial score (nSPS) is 10.1. The zero-order valence-corrected chi connectivity index (χ0v) is 17.8. The molecule has 164 valence electrons. The molecule has 0 atom stereocenters. The second-order valence-corrected chi connectivity index (χ2v) is 7.24. The van der Waals surface area contributed by atoms with Gasteiger partial charge in [-0.25, -0.2) is 0 Å². The van der Waals surface area contributed by atoms with Gasteiger partial charge in [0.25, 0.3) is 0 Å². The monoisotopic (exact) mass is 446 g/mol. The number of fused-ring (bicyclic) bond motifs is 1. The number of phenolic OH excluding ortho intramolecular Hbond substituents is 2. The SMILES string of the molecule is C#Cc1c(Oc2ccc(O)c(N)c2)cc(C#C)c2c(C#C)c(Oc3ccc(O)c(N)c3)ccc12. The molecule has 0 bridgehead atoms. The lowest BCUT2D eigenvalue weighted by molar-refractivity contribution is 0.466. The Morgan fingerprint density at radius 1 is 0.647 bits per heavy atom. The van der Waals surface area contributed by atoms with Crippen molar-refractivity contribution in [1.82, 2.24) is 0 Å². The van der Waals surface area contributed by atoms with Crippen molar-refractivity contribution >= 4 is 22.1 Å². The molecule has 0 saturated carbocycles. The number of hydrogen-bond donors (Lipinski definition) is 4. The van der Waals surface area contributed by atoms with Crippen LogP contribution in [0.3, 0.4) is 0 Å². The minimum atomic E-state index is -0.0612. The van der Waals surface area contributed by atoms with Crippen LogP contribution >= 0.6 is 0 Å². The third-order valence-electron chi connectivity index (χ3n) is 5.13. The zero-order valence-electron chi connectivity index (χ0n) is 17.8. The Labute approximate surface area is 196 Å². The molecule has 0 amide bonds. The molecule has 0 heterocycles. The number of rotatable bonds is 4. The first kappa shape index (κ1) is 21.8. The lowest BCUT2D eigenvalue weighted by Gasteiger charge is -2.16. The van der Waals surface area contributed by atoms with E-state index in [1.807, 2.05) is 0 Å². The number of anilines is 2. The molecule has 6 nitrogen and oxygen atoms in total. The van der Waals surface area contributed by atoms with Crippen LogP contribution in [0.1, 0.15) is 16.7 Å². The molecule has 6 N–H and O–H groups in total. The van der Waals surface area contributed by atoms with Gasteiger partial charge < -0.3 is 31.2 Å². The van der Waals surface area contributed by atoms with Gasteiger partial charge in [0.1, 0.15) is 34.5 Å². The molecule has 4 aromatic carbocycles. The van der Waals surface area contributed by atoms with Crippen LogP contribution in [0.2, 0.25) is 0 Å². The van der Waals surface area contributed by atoms with E-state index in [1.165, 1.54) is 24.3 Å². The van der Waals surface area contributed by atoms with Crippen LogP contribution in [0.25, 0.3) is 10.8 Å². The number of benzene rings is 4. The van der Waals surface area contributed by atoms with E-state index in [0.717, 1.165) is 0 Å². The van der Waals surface area contributed by atoms with Crippen LogP contribution in [0.5, 0.6) is 34.5 Å². The smallest absolute Gasteiger partial charge is 0.144 e. The Kier molecular flexibility index (Phi) is 5.54. The van der Waals surface area contributed by atoms with E-state index >= 15 is 0 Å². The van der Waals surface area contributed by atoms with Crippen LogP contribution in [0, 0.1) is 37.0 Å². The second kappa shape index (κ2) is 8.63. The maximum atomic E-state index is 9.66. The van der Waals surface area contributed by atoms with Gasteiger partial charge in [-0.1, -0.05) is 17.8 Å². The summed E-state index contributed by atoms with van der Waals surface area (Å²) in [6.07, 6.45) is 17.5. The van der Waals surface area contributed by atoms with Gasteiger partial charge in [0.15, 0.2) is 0 Å². The van der Waals surface area contributed by atoms with Gasteiger partial charge in [-0.2, -0.15) is 0 Å². The van der Waals surface area contributed by atoms with Crippen molar-refractivity contribution in [2.45, 2.75) is 0 Å². The van der Waals surface area contributed by atoms with Crippen LogP contribution < -0.4 is 20.9 Å². The Balaban J connectivity index is 1.88. The van der Waals surface area contributed by atoms with Crippen molar-refractivity contribution in [2.24, 2.45) is 0 Å². The molecule has 0 fully saturated rings. The van der Waals surface area contributed by atoms with Gasteiger partial charge in [-0.15, -0.1) is 19.3 Å². The van der Waals surface area contributed by atoms with Crippen LogP contribution in [-0.4, -0.2) is 10.2 Å². The minimum absolute atomic E-state index is 0.0563. The van der Waals surface area contributed by atoms with Crippen molar-refractivity contribution in [1.29, 1.82) is 0 Å². The summed E-state index contributed by atoms with van der Waals surface area (Å²) in [7, 11) is 0. The first-order valence-electron chi connectivity index (χ1n) is 9.92. The summed E-state index contributed by atoms with van der Waals surface area (Å²) in [4.78, 5) is 0. The van der Waals surface area contributed by atoms with Crippen molar-refractivity contribution in [3.63, 3.8) is 0 Å². The quantitative estimate of drug-likeness (QED) is 0.201. The summed E-state index contributed by atoms with van der Waals surface area (Å²) < 4.78 is 11.9. The number of nitrogen functional groups attached to an aromatic ring is 2.